The van der Waals surface area contributed by atoms with E-state index in [1.807, 2.05) is 0 Å². The lowest BCUT2D eigenvalue weighted by molar-refractivity contribution is -0.132. The van der Waals surface area contributed by atoms with Crippen molar-refractivity contribution in [2.45, 2.75) is 44.1 Å². The third-order valence-corrected chi connectivity index (χ3v) is 5.36. The summed E-state index contributed by atoms with van der Waals surface area (Å²) in [5.41, 5.74) is 4.90. The normalized spacial score (nSPS) is 18.5. The topological polar surface area (TPSA) is 122 Å². The first-order chi connectivity index (χ1) is 12.8. The lowest BCUT2D eigenvalue weighted by Gasteiger charge is -2.30. The number of nitrogens with one attached hydrogen (secondary N) is 2. The monoisotopic (exact) mass is 392 g/mol. The maximum atomic E-state index is 12.7. The molecule has 1 saturated carbocycles. The van der Waals surface area contributed by atoms with E-state index in [4.69, 9.17) is 17.3 Å². The van der Waals surface area contributed by atoms with E-state index in [-0.39, 0.29) is 29.5 Å². The maximum absolute atomic E-state index is 12.7. The van der Waals surface area contributed by atoms with Crippen molar-refractivity contribution >= 4 is 41.0 Å². The molecule has 3 rings (SSSR count). The van der Waals surface area contributed by atoms with Gasteiger partial charge in [-0.1, -0.05) is 30.9 Å². The molecule has 0 radical (unpaired) electrons. The molecule has 27 heavy (non-hydrogen) atoms. The Balaban J connectivity index is 1.59. The molecule has 144 valence electrons. The summed E-state index contributed by atoms with van der Waals surface area (Å²) in [5, 5.41) is 5.61. The van der Waals surface area contributed by atoms with Gasteiger partial charge in [-0.2, -0.15) is 0 Å². The highest BCUT2D eigenvalue weighted by Gasteiger charge is 2.51. The van der Waals surface area contributed by atoms with Crippen LogP contribution >= 0.6 is 11.6 Å². The number of carbonyl (C=O) groups is 4. The number of nitrogens with zero attached hydrogens (tertiary/aromatic N) is 1. The summed E-state index contributed by atoms with van der Waals surface area (Å²) in [6.45, 7) is -0.00544. The molecule has 1 aliphatic carbocycles. The number of hydrogen-bond donors (Lipinski definition) is 3. The number of amides is 5. The number of halogens is 1. The van der Waals surface area contributed by atoms with Crippen LogP contribution in [0.3, 0.4) is 0 Å². The van der Waals surface area contributed by atoms with Crippen molar-refractivity contribution in [1.29, 1.82) is 0 Å². The third-order valence-electron chi connectivity index (χ3n) is 5.03. The summed E-state index contributed by atoms with van der Waals surface area (Å²) in [7, 11) is 0. The van der Waals surface area contributed by atoms with Gasteiger partial charge in [-0.15, -0.1) is 0 Å². The first-order valence-corrected chi connectivity index (χ1v) is 9.23. The number of primary amides is 1. The van der Waals surface area contributed by atoms with Gasteiger partial charge in [0.15, 0.2) is 0 Å². The molecule has 2 fully saturated rings. The number of carbonyl (C=O) groups excluding carboxylic acids is 4. The zero-order chi connectivity index (χ0) is 19.6. The SMILES string of the molecule is NC(=O)c1cc(NC(=O)CCN2C(=O)NC3(CCCCC3)C2=O)ccc1Cl. The van der Waals surface area contributed by atoms with E-state index in [2.05, 4.69) is 10.6 Å². The molecule has 1 aromatic rings. The molecule has 1 aromatic carbocycles. The van der Waals surface area contributed by atoms with Gasteiger partial charge < -0.3 is 16.4 Å². The standard InChI is InChI=1S/C18H21ClN4O4/c19-13-5-4-11(10-12(13)15(20)25)21-14(24)6-9-23-16(26)18(22-17(23)27)7-2-1-3-8-18/h4-5,10H,1-3,6-9H2,(H2,20,25)(H,21,24)(H,22,27). The van der Waals surface area contributed by atoms with E-state index in [1.54, 1.807) is 0 Å². The van der Waals surface area contributed by atoms with Gasteiger partial charge in [-0.05, 0) is 31.0 Å². The Morgan fingerprint density at radius 3 is 2.59 bits per heavy atom. The van der Waals surface area contributed by atoms with Gasteiger partial charge in [-0.3, -0.25) is 19.3 Å². The predicted molar refractivity (Wildman–Crippen MR) is 99.3 cm³/mol. The van der Waals surface area contributed by atoms with Gasteiger partial charge in [0, 0.05) is 18.7 Å². The highest BCUT2D eigenvalue weighted by Crippen LogP contribution is 2.33. The summed E-state index contributed by atoms with van der Waals surface area (Å²) in [5.74, 6) is -1.34. The Bertz CT molecular complexity index is 805. The summed E-state index contributed by atoms with van der Waals surface area (Å²) in [6.07, 6.45) is 4.09. The fourth-order valence-electron chi connectivity index (χ4n) is 3.60. The van der Waals surface area contributed by atoms with Gasteiger partial charge >= 0.3 is 6.03 Å². The van der Waals surface area contributed by atoms with E-state index in [0.717, 1.165) is 24.2 Å². The molecule has 9 heteroatoms. The molecule has 0 bridgehead atoms. The second kappa shape index (κ2) is 7.56. The van der Waals surface area contributed by atoms with Gasteiger partial charge in [-0.25, -0.2) is 4.79 Å². The molecule has 2 aliphatic rings. The highest BCUT2D eigenvalue weighted by molar-refractivity contribution is 6.34. The Hall–Kier alpha value is -2.61. The minimum absolute atomic E-state index is 0.00544. The smallest absolute Gasteiger partial charge is 0.325 e. The Morgan fingerprint density at radius 1 is 1.22 bits per heavy atom. The van der Waals surface area contributed by atoms with Gasteiger partial charge in [0.05, 0.1) is 10.6 Å². The molecule has 0 aromatic heterocycles. The minimum atomic E-state index is -0.793. The van der Waals surface area contributed by atoms with Crippen molar-refractivity contribution in [1.82, 2.24) is 10.2 Å². The Labute approximate surface area is 161 Å². The molecule has 0 atom stereocenters. The zero-order valence-corrected chi connectivity index (χ0v) is 15.5. The molecule has 4 N–H and O–H groups in total. The molecular formula is C18H21ClN4O4. The van der Waals surface area contributed by atoms with Crippen LogP contribution in [0.15, 0.2) is 18.2 Å². The largest absolute Gasteiger partial charge is 0.366 e. The van der Waals surface area contributed by atoms with Crippen LogP contribution in [0.25, 0.3) is 0 Å². The van der Waals surface area contributed by atoms with Gasteiger partial charge in [0.2, 0.25) is 11.8 Å². The van der Waals surface area contributed by atoms with Crippen molar-refractivity contribution in [2.24, 2.45) is 5.73 Å². The minimum Gasteiger partial charge on any atom is -0.366 e. The molecule has 1 saturated heterocycles. The second-order valence-electron chi connectivity index (χ2n) is 6.89. The predicted octanol–water partition coefficient (Wildman–Crippen LogP) is 2.02. The highest BCUT2D eigenvalue weighted by atomic mass is 35.5. The Morgan fingerprint density at radius 2 is 1.93 bits per heavy atom. The molecule has 8 nitrogen and oxygen atoms in total. The average molecular weight is 393 g/mol. The van der Waals surface area contributed by atoms with E-state index in [9.17, 15) is 19.2 Å². The number of nitrogens with two attached hydrogens (primary N) is 1. The number of benzene rings is 1. The van der Waals surface area contributed by atoms with Gasteiger partial charge in [0.25, 0.3) is 5.91 Å². The van der Waals surface area contributed by atoms with Crippen molar-refractivity contribution in [3.63, 3.8) is 0 Å². The molecule has 1 aliphatic heterocycles. The zero-order valence-electron chi connectivity index (χ0n) is 14.7. The van der Waals surface area contributed by atoms with Crippen LogP contribution in [0.5, 0.6) is 0 Å². The molecular weight excluding hydrogens is 372 g/mol. The first-order valence-electron chi connectivity index (χ1n) is 8.86. The lowest BCUT2D eigenvalue weighted by atomic mass is 9.82. The molecule has 5 amide bonds. The van der Waals surface area contributed by atoms with Crippen LogP contribution in [0.4, 0.5) is 10.5 Å². The van der Waals surface area contributed by atoms with Crippen molar-refractivity contribution < 1.29 is 19.2 Å². The van der Waals surface area contributed by atoms with Crippen LogP contribution in [0.1, 0.15) is 48.9 Å². The first kappa shape index (κ1) is 19.2. The van der Waals surface area contributed by atoms with Crippen molar-refractivity contribution in [2.75, 3.05) is 11.9 Å². The lowest BCUT2D eigenvalue weighted by Crippen LogP contribution is -2.48. The van der Waals surface area contributed by atoms with E-state index in [0.29, 0.717) is 18.5 Å². The van der Waals surface area contributed by atoms with Crippen LogP contribution in [0, 0.1) is 0 Å². The number of rotatable bonds is 5. The van der Waals surface area contributed by atoms with E-state index >= 15 is 0 Å². The number of anilines is 1. The summed E-state index contributed by atoms with van der Waals surface area (Å²) in [6, 6.07) is 3.93. The van der Waals surface area contributed by atoms with Crippen LogP contribution in [-0.2, 0) is 9.59 Å². The quantitative estimate of drug-likeness (QED) is 0.663. The van der Waals surface area contributed by atoms with Crippen LogP contribution < -0.4 is 16.4 Å². The van der Waals surface area contributed by atoms with Gasteiger partial charge in [0.1, 0.15) is 5.54 Å². The van der Waals surface area contributed by atoms with Crippen LogP contribution in [0.2, 0.25) is 5.02 Å². The average Bonchev–Trinajstić information content (AvgIpc) is 2.85. The summed E-state index contributed by atoms with van der Waals surface area (Å²) < 4.78 is 0. The second-order valence-corrected chi connectivity index (χ2v) is 7.29. The van der Waals surface area contributed by atoms with Crippen molar-refractivity contribution in [3.8, 4) is 0 Å². The fraction of sp³-hybridized carbons (Fsp3) is 0.444. The van der Waals surface area contributed by atoms with E-state index < -0.39 is 23.4 Å². The molecule has 0 unspecified atom stereocenters. The van der Waals surface area contributed by atoms with Crippen LogP contribution in [-0.4, -0.2) is 40.7 Å². The number of imide groups is 1. The molecule has 1 heterocycles. The fourth-order valence-corrected chi connectivity index (χ4v) is 3.81. The van der Waals surface area contributed by atoms with Crippen molar-refractivity contribution in [3.05, 3.63) is 28.8 Å². The number of hydrogen-bond acceptors (Lipinski definition) is 4. The van der Waals surface area contributed by atoms with E-state index in [1.165, 1.54) is 18.2 Å². The maximum Gasteiger partial charge on any atom is 0.325 e. The summed E-state index contributed by atoms with van der Waals surface area (Å²) >= 11 is 5.88. The number of urea groups is 1. The summed E-state index contributed by atoms with van der Waals surface area (Å²) in [4.78, 5) is 49.5. The third kappa shape index (κ3) is 3.90. The Kier molecular flexibility index (Phi) is 5.36. The molecule has 1 spiro atoms.